The molecule has 0 bridgehead atoms. The van der Waals surface area contributed by atoms with Crippen molar-refractivity contribution in [3.8, 4) is 11.5 Å². The molecule has 0 amide bonds. The minimum Gasteiger partial charge on any atom is -0.504 e. The minimum absolute atomic E-state index is 0.153. The van der Waals surface area contributed by atoms with Crippen molar-refractivity contribution in [2.24, 2.45) is 0 Å². The van der Waals surface area contributed by atoms with Crippen LogP contribution < -0.4 is 4.74 Å². The summed E-state index contributed by atoms with van der Waals surface area (Å²) in [6.07, 6.45) is 1.69. The van der Waals surface area contributed by atoms with E-state index in [0.717, 1.165) is 11.1 Å². The highest BCUT2D eigenvalue weighted by Crippen LogP contribution is 2.35. The number of hydrogen-bond donors (Lipinski definition) is 1. The molecular formula is C11H12O3. The van der Waals surface area contributed by atoms with Gasteiger partial charge in [-0.3, -0.25) is 4.79 Å². The predicted octanol–water partition coefficient (Wildman–Crippen LogP) is 1.46. The molecule has 74 valence electrons. The lowest BCUT2D eigenvalue weighted by Crippen LogP contribution is -2.14. The molecule has 0 fully saturated rings. The third kappa shape index (κ3) is 1.35. The summed E-state index contributed by atoms with van der Waals surface area (Å²) in [5.41, 5.74) is 1.96. The molecule has 0 aliphatic heterocycles. The number of ether oxygens (including phenoxy) is 1. The zero-order valence-electron chi connectivity index (χ0n) is 8.04. The Morgan fingerprint density at radius 3 is 2.86 bits per heavy atom. The van der Waals surface area contributed by atoms with Crippen molar-refractivity contribution in [2.45, 2.75) is 19.3 Å². The van der Waals surface area contributed by atoms with Gasteiger partial charge in [-0.2, -0.15) is 0 Å². The fourth-order valence-electron chi connectivity index (χ4n) is 1.89. The van der Waals surface area contributed by atoms with Crippen LogP contribution in [0, 0.1) is 0 Å². The molecule has 0 aromatic heterocycles. The second-order valence-corrected chi connectivity index (χ2v) is 3.47. The number of carbonyl (C=O) groups is 1. The lowest BCUT2D eigenvalue weighted by atomic mass is 9.90. The molecular weight excluding hydrogens is 180 g/mol. The first-order valence-electron chi connectivity index (χ1n) is 4.62. The maximum absolute atomic E-state index is 11.2. The Balaban J connectivity index is 2.52. The van der Waals surface area contributed by atoms with E-state index in [0.29, 0.717) is 25.0 Å². The highest BCUT2D eigenvalue weighted by atomic mass is 16.5. The van der Waals surface area contributed by atoms with E-state index in [9.17, 15) is 9.90 Å². The lowest BCUT2D eigenvalue weighted by molar-refractivity contribution is -0.118. The van der Waals surface area contributed by atoms with Gasteiger partial charge >= 0.3 is 0 Å². The van der Waals surface area contributed by atoms with Gasteiger partial charge in [0.1, 0.15) is 5.78 Å². The Kier molecular flexibility index (Phi) is 2.15. The van der Waals surface area contributed by atoms with E-state index in [1.165, 1.54) is 7.11 Å². The van der Waals surface area contributed by atoms with Crippen LogP contribution in [0.25, 0.3) is 0 Å². The van der Waals surface area contributed by atoms with E-state index in [-0.39, 0.29) is 11.5 Å². The number of aromatic hydroxyl groups is 1. The molecule has 1 N–H and O–H groups in total. The van der Waals surface area contributed by atoms with Crippen LogP contribution in [0.5, 0.6) is 11.5 Å². The van der Waals surface area contributed by atoms with Crippen molar-refractivity contribution >= 4 is 5.78 Å². The Morgan fingerprint density at radius 2 is 2.14 bits per heavy atom. The quantitative estimate of drug-likeness (QED) is 0.732. The van der Waals surface area contributed by atoms with Gasteiger partial charge in [-0.25, -0.2) is 0 Å². The monoisotopic (exact) mass is 192 g/mol. The van der Waals surface area contributed by atoms with Crippen LogP contribution in [0.2, 0.25) is 0 Å². The maximum Gasteiger partial charge on any atom is 0.163 e. The second kappa shape index (κ2) is 3.33. The van der Waals surface area contributed by atoms with Gasteiger partial charge in [0.05, 0.1) is 7.11 Å². The molecule has 0 atom stereocenters. The summed E-state index contributed by atoms with van der Waals surface area (Å²) in [6.45, 7) is 0. The van der Waals surface area contributed by atoms with E-state index in [4.69, 9.17) is 4.74 Å². The zero-order chi connectivity index (χ0) is 10.1. The molecule has 0 spiro atoms. The molecule has 0 heterocycles. The Hall–Kier alpha value is -1.51. The van der Waals surface area contributed by atoms with Gasteiger partial charge in [0.15, 0.2) is 11.5 Å². The summed E-state index contributed by atoms with van der Waals surface area (Å²) in [5.74, 6) is 0.931. The van der Waals surface area contributed by atoms with Crippen molar-refractivity contribution in [1.29, 1.82) is 0 Å². The first kappa shape index (κ1) is 9.06. The summed E-state index contributed by atoms with van der Waals surface area (Å²) >= 11 is 0. The van der Waals surface area contributed by atoms with E-state index >= 15 is 0 Å². The van der Waals surface area contributed by atoms with Crippen LogP contribution in [0.1, 0.15) is 17.5 Å². The highest BCUT2D eigenvalue weighted by molar-refractivity contribution is 5.84. The number of benzene rings is 1. The largest absolute Gasteiger partial charge is 0.504 e. The van der Waals surface area contributed by atoms with Crippen molar-refractivity contribution in [2.75, 3.05) is 7.11 Å². The van der Waals surface area contributed by atoms with E-state index < -0.39 is 0 Å². The number of carbonyl (C=O) groups excluding carboxylic acids is 1. The number of rotatable bonds is 1. The van der Waals surface area contributed by atoms with Crippen LogP contribution in [0.3, 0.4) is 0 Å². The first-order chi connectivity index (χ1) is 6.72. The Labute approximate surface area is 82.3 Å². The Bertz CT molecular complexity index is 382. The fourth-order valence-corrected chi connectivity index (χ4v) is 1.89. The van der Waals surface area contributed by atoms with E-state index in [1.54, 1.807) is 12.1 Å². The van der Waals surface area contributed by atoms with Crippen molar-refractivity contribution in [1.82, 2.24) is 0 Å². The van der Waals surface area contributed by atoms with Gasteiger partial charge in [-0.1, -0.05) is 6.07 Å². The van der Waals surface area contributed by atoms with Gasteiger partial charge in [0.2, 0.25) is 0 Å². The van der Waals surface area contributed by atoms with Gasteiger partial charge in [-0.05, 0) is 18.1 Å². The maximum atomic E-state index is 11.2. The molecule has 14 heavy (non-hydrogen) atoms. The van der Waals surface area contributed by atoms with Crippen LogP contribution in [-0.2, 0) is 17.6 Å². The number of phenolic OH excluding ortho intramolecular Hbond substituents is 1. The van der Waals surface area contributed by atoms with Gasteiger partial charge < -0.3 is 9.84 Å². The third-order valence-electron chi connectivity index (χ3n) is 2.58. The van der Waals surface area contributed by atoms with Gasteiger partial charge in [0.25, 0.3) is 0 Å². The zero-order valence-corrected chi connectivity index (χ0v) is 8.04. The van der Waals surface area contributed by atoms with Crippen molar-refractivity contribution < 1.29 is 14.6 Å². The summed E-state index contributed by atoms with van der Waals surface area (Å²) in [6, 6.07) is 3.38. The molecule has 3 heteroatoms. The second-order valence-electron chi connectivity index (χ2n) is 3.47. The van der Waals surface area contributed by atoms with Gasteiger partial charge in [-0.15, -0.1) is 0 Å². The molecule has 0 unspecified atom stereocenters. The molecule has 0 radical (unpaired) electrons. The molecule has 1 aliphatic carbocycles. The summed E-state index contributed by atoms with van der Waals surface area (Å²) in [4.78, 5) is 11.2. The third-order valence-corrected chi connectivity index (χ3v) is 2.58. The summed E-state index contributed by atoms with van der Waals surface area (Å²) in [7, 11) is 1.53. The van der Waals surface area contributed by atoms with E-state index in [2.05, 4.69) is 0 Å². The Morgan fingerprint density at radius 1 is 1.36 bits per heavy atom. The first-order valence-corrected chi connectivity index (χ1v) is 4.62. The lowest BCUT2D eigenvalue weighted by Gasteiger charge is -2.18. The average Bonchev–Trinajstić information content (AvgIpc) is 2.18. The molecule has 0 saturated carbocycles. The number of Topliss-reactive ketones (excluding diaryl/α,β-unsaturated/α-hetero) is 1. The normalized spacial score (nSPS) is 15.1. The molecule has 2 rings (SSSR count). The SMILES string of the molecule is COc1c(O)ccc2c1CCC(=O)C2. The average molecular weight is 192 g/mol. The molecule has 0 saturated heterocycles. The topological polar surface area (TPSA) is 46.5 Å². The van der Waals surface area contributed by atoms with Crippen LogP contribution in [0.15, 0.2) is 12.1 Å². The predicted molar refractivity (Wildman–Crippen MR) is 51.7 cm³/mol. The molecule has 1 aliphatic rings. The number of methoxy groups -OCH3 is 1. The number of fused-ring (bicyclic) bond motifs is 1. The minimum atomic E-state index is 0.153. The van der Waals surface area contributed by atoms with Crippen LogP contribution >= 0.6 is 0 Å². The van der Waals surface area contributed by atoms with Crippen LogP contribution in [0.4, 0.5) is 0 Å². The number of hydrogen-bond acceptors (Lipinski definition) is 3. The van der Waals surface area contributed by atoms with Gasteiger partial charge in [0, 0.05) is 18.4 Å². The molecule has 3 nitrogen and oxygen atoms in total. The smallest absolute Gasteiger partial charge is 0.163 e. The molecule has 1 aromatic rings. The number of phenols is 1. The van der Waals surface area contributed by atoms with Crippen molar-refractivity contribution in [3.63, 3.8) is 0 Å². The fraction of sp³-hybridized carbons (Fsp3) is 0.364. The number of ketones is 1. The summed E-state index contributed by atoms with van der Waals surface area (Å²) in [5, 5.41) is 9.52. The van der Waals surface area contributed by atoms with E-state index in [1.807, 2.05) is 0 Å². The molecule has 1 aromatic carbocycles. The standard InChI is InChI=1S/C11H12O3/c1-14-11-9-4-3-8(12)6-7(9)2-5-10(11)13/h2,5,13H,3-4,6H2,1H3. The highest BCUT2D eigenvalue weighted by Gasteiger charge is 2.20. The van der Waals surface area contributed by atoms with Crippen LogP contribution in [-0.4, -0.2) is 18.0 Å². The summed E-state index contributed by atoms with van der Waals surface area (Å²) < 4.78 is 5.12. The van der Waals surface area contributed by atoms with Crippen molar-refractivity contribution in [3.05, 3.63) is 23.3 Å².